The fourth-order valence-corrected chi connectivity index (χ4v) is 1.98. The highest BCUT2D eigenvalue weighted by atomic mass is 16.4. The normalized spacial score (nSPS) is 11.2. The summed E-state index contributed by atoms with van der Waals surface area (Å²) >= 11 is 0. The summed E-state index contributed by atoms with van der Waals surface area (Å²) in [6, 6.07) is 7.74. The van der Waals surface area contributed by atoms with E-state index in [0.29, 0.717) is 18.2 Å². The van der Waals surface area contributed by atoms with Gasteiger partial charge in [0.2, 0.25) is 0 Å². The number of carboxylic acids is 1. The van der Waals surface area contributed by atoms with E-state index >= 15 is 0 Å². The minimum Gasteiger partial charge on any atom is -0.478 e. The van der Waals surface area contributed by atoms with Gasteiger partial charge in [0, 0.05) is 12.6 Å². The minimum atomic E-state index is -0.860. The average Bonchev–Trinajstić information content (AvgIpc) is 2.42. The predicted octanol–water partition coefficient (Wildman–Crippen LogP) is 2.59. The minimum absolute atomic E-state index is 0.388. The van der Waals surface area contributed by atoms with E-state index in [4.69, 9.17) is 5.11 Å². The fourth-order valence-electron chi connectivity index (χ4n) is 1.98. The first-order chi connectivity index (χ1) is 9.52. The van der Waals surface area contributed by atoms with Gasteiger partial charge in [0.05, 0.1) is 5.56 Å². The van der Waals surface area contributed by atoms with Crippen LogP contribution in [0.2, 0.25) is 0 Å². The molecule has 0 aliphatic rings. The third-order valence-electron chi connectivity index (χ3n) is 3.56. The summed E-state index contributed by atoms with van der Waals surface area (Å²) in [4.78, 5) is 13.4. The molecule has 2 N–H and O–H groups in total. The van der Waals surface area contributed by atoms with Crippen molar-refractivity contribution in [1.82, 2.24) is 10.2 Å². The summed E-state index contributed by atoms with van der Waals surface area (Å²) in [5, 5.41) is 12.4. The van der Waals surface area contributed by atoms with Crippen molar-refractivity contribution >= 4 is 5.97 Å². The second kappa shape index (κ2) is 8.72. The molecule has 0 aliphatic carbocycles. The second-order valence-electron chi connectivity index (χ2n) is 5.42. The van der Waals surface area contributed by atoms with E-state index in [9.17, 15) is 4.79 Å². The number of benzene rings is 1. The van der Waals surface area contributed by atoms with Crippen molar-refractivity contribution in [2.45, 2.75) is 39.3 Å². The summed E-state index contributed by atoms with van der Waals surface area (Å²) in [6.45, 7) is 7.02. The molecule has 1 rings (SSSR count). The van der Waals surface area contributed by atoms with Crippen LogP contribution in [0.1, 0.15) is 42.6 Å². The molecule has 4 heteroatoms. The van der Waals surface area contributed by atoms with E-state index in [-0.39, 0.29) is 0 Å². The Hall–Kier alpha value is -1.39. The number of hydrogen-bond donors (Lipinski definition) is 2. The molecule has 0 fully saturated rings. The first kappa shape index (κ1) is 16.7. The number of hydrogen-bond acceptors (Lipinski definition) is 3. The average molecular weight is 278 g/mol. The van der Waals surface area contributed by atoms with Crippen molar-refractivity contribution in [3.05, 3.63) is 35.4 Å². The van der Waals surface area contributed by atoms with Gasteiger partial charge >= 0.3 is 5.97 Å². The van der Waals surface area contributed by atoms with Crippen LogP contribution in [-0.4, -0.2) is 42.2 Å². The maximum atomic E-state index is 11.1. The second-order valence-corrected chi connectivity index (χ2v) is 5.42. The zero-order valence-electron chi connectivity index (χ0n) is 12.7. The highest BCUT2D eigenvalue weighted by molar-refractivity contribution is 5.89. The van der Waals surface area contributed by atoms with Crippen LogP contribution >= 0.6 is 0 Å². The molecule has 1 aromatic carbocycles. The Kier molecular flexibility index (Phi) is 7.26. The number of unbranched alkanes of at least 4 members (excludes halogenated alkanes) is 1. The van der Waals surface area contributed by atoms with Crippen molar-refractivity contribution in [2.24, 2.45) is 0 Å². The summed E-state index contributed by atoms with van der Waals surface area (Å²) < 4.78 is 0. The molecular formula is C16H26N2O2. The van der Waals surface area contributed by atoms with Gasteiger partial charge in [-0.15, -0.1) is 0 Å². The van der Waals surface area contributed by atoms with Gasteiger partial charge in [-0.2, -0.15) is 0 Å². The number of nitrogens with zero attached hydrogens (tertiary/aromatic N) is 1. The van der Waals surface area contributed by atoms with Crippen LogP contribution in [0.4, 0.5) is 0 Å². The first-order valence-electron chi connectivity index (χ1n) is 7.24. The SMILES string of the molecule is CC(C)N(C)CCCCNCc1ccccc1C(=O)O. The van der Waals surface area contributed by atoms with Crippen molar-refractivity contribution in [1.29, 1.82) is 0 Å². The molecule has 0 unspecified atom stereocenters. The van der Waals surface area contributed by atoms with Crippen molar-refractivity contribution in [2.75, 3.05) is 20.1 Å². The summed E-state index contributed by atoms with van der Waals surface area (Å²) in [6.07, 6.45) is 2.26. The lowest BCUT2D eigenvalue weighted by atomic mass is 10.1. The maximum Gasteiger partial charge on any atom is 0.336 e. The molecule has 0 saturated heterocycles. The van der Waals surface area contributed by atoms with Crippen LogP contribution in [0.5, 0.6) is 0 Å². The van der Waals surface area contributed by atoms with Gasteiger partial charge in [0.1, 0.15) is 0 Å². The molecule has 0 spiro atoms. The Balaban J connectivity index is 2.23. The van der Waals surface area contributed by atoms with Gasteiger partial charge in [-0.05, 0) is 58.5 Å². The zero-order chi connectivity index (χ0) is 15.0. The molecule has 20 heavy (non-hydrogen) atoms. The first-order valence-corrected chi connectivity index (χ1v) is 7.24. The Morgan fingerprint density at radius 2 is 2.00 bits per heavy atom. The van der Waals surface area contributed by atoms with Gasteiger partial charge < -0.3 is 15.3 Å². The molecule has 112 valence electrons. The van der Waals surface area contributed by atoms with Crippen LogP contribution in [0.15, 0.2) is 24.3 Å². The highest BCUT2D eigenvalue weighted by Gasteiger charge is 2.08. The molecule has 0 bridgehead atoms. The summed E-state index contributed by atoms with van der Waals surface area (Å²) in [5.74, 6) is -0.860. The van der Waals surface area contributed by atoms with Crippen molar-refractivity contribution < 1.29 is 9.90 Å². The molecule has 4 nitrogen and oxygen atoms in total. The maximum absolute atomic E-state index is 11.1. The van der Waals surface area contributed by atoms with Gasteiger partial charge in [-0.3, -0.25) is 0 Å². The summed E-state index contributed by atoms with van der Waals surface area (Å²) in [5.41, 5.74) is 1.24. The molecule has 0 radical (unpaired) electrons. The lowest BCUT2D eigenvalue weighted by Gasteiger charge is -2.20. The lowest BCUT2D eigenvalue weighted by molar-refractivity contribution is 0.0695. The number of nitrogens with one attached hydrogen (secondary N) is 1. The standard InChI is InChI=1S/C16H26N2O2/c1-13(2)18(3)11-7-6-10-17-12-14-8-4-5-9-15(14)16(19)20/h4-5,8-9,13,17H,6-7,10-12H2,1-3H3,(H,19,20). The Morgan fingerprint density at radius 1 is 1.30 bits per heavy atom. The van der Waals surface area contributed by atoms with Gasteiger partial charge in [-0.25, -0.2) is 4.79 Å². The number of rotatable bonds is 9. The molecule has 0 atom stereocenters. The van der Waals surface area contributed by atoms with Crippen molar-refractivity contribution in [3.63, 3.8) is 0 Å². The van der Waals surface area contributed by atoms with E-state index in [2.05, 4.69) is 31.1 Å². The molecule has 0 saturated carbocycles. The number of carboxylic acid groups (broad SMARTS) is 1. The Morgan fingerprint density at radius 3 is 2.65 bits per heavy atom. The van der Waals surface area contributed by atoms with Gasteiger partial charge in [0.15, 0.2) is 0 Å². The summed E-state index contributed by atoms with van der Waals surface area (Å²) in [7, 11) is 2.14. The van der Waals surface area contributed by atoms with Gasteiger partial charge in [0.25, 0.3) is 0 Å². The Bertz CT molecular complexity index is 419. The quantitative estimate of drug-likeness (QED) is 0.682. The van der Waals surface area contributed by atoms with E-state index in [1.807, 2.05) is 12.1 Å². The van der Waals surface area contributed by atoms with Crippen LogP contribution in [0.25, 0.3) is 0 Å². The Labute approximate surface area is 121 Å². The number of carbonyl (C=O) groups is 1. The van der Waals surface area contributed by atoms with Crippen LogP contribution < -0.4 is 5.32 Å². The zero-order valence-corrected chi connectivity index (χ0v) is 12.7. The highest BCUT2D eigenvalue weighted by Crippen LogP contribution is 2.08. The van der Waals surface area contributed by atoms with E-state index < -0.39 is 5.97 Å². The molecule has 0 aliphatic heterocycles. The molecular weight excluding hydrogens is 252 g/mol. The van der Waals surface area contributed by atoms with E-state index in [1.165, 1.54) is 0 Å². The largest absolute Gasteiger partial charge is 0.478 e. The number of aromatic carboxylic acids is 1. The third-order valence-corrected chi connectivity index (χ3v) is 3.56. The van der Waals surface area contributed by atoms with Crippen LogP contribution in [0, 0.1) is 0 Å². The molecule has 0 amide bonds. The molecule has 0 aromatic heterocycles. The molecule has 1 aromatic rings. The lowest BCUT2D eigenvalue weighted by Crippen LogP contribution is -2.27. The fraction of sp³-hybridized carbons (Fsp3) is 0.562. The smallest absolute Gasteiger partial charge is 0.336 e. The predicted molar refractivity (Wildman–Crippen MR) is 82.1 cm³/mol. The molecule has 0 heterocycles. The van der Waals surface area contributed by atoms with E-state index in [1.54, 1.807) is 12.1 Å². The third kappa shape index (κ3) is 5.72. The monoisotopic (exact) mass is 278 g/mol. The van der Waals surface area contributed by atoms with E-state index in [0.717, 1.165) is 31.5 Å². The van der Waals surface area contributed by atoms with Crippen molar-refractivity contribution in [3.8, 4) is 0 Å². The van der Waals surface area contributed by atoms with Crippen LogP contribution in [-0.2, 0) is 6.54 Å². The topological polar surface area (TPSA) is 52.6 Å². The van der Waals surface area contributed by atoms with Gasteiger partial charge in [-0.1, -0.05) is 18.2 Å². The van der Waals surface area contributed by atoms with Crippen LogP contribution in [0.3, 0.4) is 0 Å².